The molecule has 0 unspecified atom stereocenters. The Kier molecular flexibility index (Phi) is 8.00. The Morgan fingerprint density at radius 2 is 1.83 bits per heavy atom. The summed E-state index contributed by atoms with van der Waals surface area (Å²) in [6.07, 6.45) is 0.328. The Bertz CT molecular complexity index is 853. The number of rotatable bonds is 9. The van der Waals surface area contributed by atoms with Gasteiger partial charge in [-0.1, -0.05) is 27.7 Å². The predicted molar refractivity (Wildman–Crippen MR) is 116 cm³/mol. The van der Waals surface area contributed by atoms with Gasteiger partial charge in [0.25, 0.3) is 0 Å². The Morgan fingerprint density at radius 1 is 1.17 bits per heavy atom. The van der Waals surface area contributed by atoms with Crippen molar-refractivity contribution in [2.45, 2.75) is 39.5 Å². The van der Waals surface area contributed by atoms with E-state index in [4.69, 9.17) is 14.6 Å². The number of methoxy groups -OCH3 is 2. The number of nitrogens with one attached hydrogen (secondary N) is 1. The molecule has 30 heavy (non-hydrogen) atoms. The maximum absolute atomic E-state index is 12.7. The number of aromatic nitrogens is 2. The van der Waals surface area contributed by atoms with Crippen LogP contribution >= 0.6 is 0 Å². The number of benzene rings is 1. The topological polar surface area (TPSA) is 85.7 Å². The van der Waals surface area contributed by atoms with Crippen LogP contribution in [0.5, 0.6) is 5.75 Å². The fourth-order valence-electron chi connectivity index (χ4n) is 2.83. The second-order valence-corrected chi connectivity index (χ2v) is 7.98. The number of carbonyl (C=O) groups is 2. The number of nitrogens with zero attached hydrogens (tertiary/aromatic N) is 3. The summed E-state index contributed by atoms with van der Waals surface area (Å²) in [5, 5.41) is 7.61. The highest BCUT2D eigenvalue weighted by Gasteiger charge is 2.22. The van der Waals surface area contributed by atoms with Gasteiger partial charge >= 0.3 is 0 Å². The highest BCUT2D eigenvalue weighted by molar-refractivity contribution is 5.94. The minimum Gasteiger partial charge on any atom is -0.497 e. The molecule has 0 fully saturated rings. The van der Waals surface area contributed by atoms with Gasteiger partial charge in [0.15, 0.2) is 0 Å². The summed E-state index contributed by atoms with van der Waals surface area (Å²) in [5.41, 5.74) is 1.44. The van der Waals surface area contributed by atoms with Crippen LogP contribution in [0.25, 0.3) is 5.69 Å². The van der Waals surface area contributed by atoms with Crippen LogP contribution in [0, 0.1) is 0 Å². The van der Waals surface area contributed by atoms with Gasteiger partial charge in [-0.3, -0.25) is 9.59 Å². The summed E-state index contributed by atoms with van der Waals surface area (Å²) in [5.74, 6) is 0.898. The van der Waals surface area contributed by atoms with Crippen molar-refractivity contribution >= 4 is 17.6 Å². The zero-order chi connectivity index (χ0) is 22.3. The van der Waals surface area contributed by atoms with Gasteiger partial charge in [0.2, 0.25) is 11.8 Å². The van der Waals surface area contributed by atoms with E-state index in [-0.39, 0.29) is 23.8 Å². The van der Waals surface area contributed by atoms with Crippen molar-refractivity contribution in [3.05, 3.63) is 36.0 Å². The molecule has 1 N–H and O–H groups in total. The Labute approximate surface area is 178 Å². The molecule has 1 heterocycles. The zero-order valence-corrected chi connectivity index (χ0v) is 18.7. The van der Waals surface area contributed by atoms with Crippen molar-refractivity contribution in [3.63, 3.8) is 0 Å². The van der Waals surface area contributed by atoms with Crippen molar-refractivity contribution in [3.8, 4) is 11.4 Å². The van der Waals surface area contributed by atoms with Gasteiger partial charge in [-0.15, -0.1) is 0 Å². The molecule has 0 aliphatic carbocycles. The molecule has 1 aromatic carbocycles. The van der Waals surface area contributed by atoms with Crippen molar-refractivity contribution in [1.82, 2.24) is 14.7 Å². The van der Waals surface area contributed by atoms with E-state index >= 15 is 0 Å². The minimum absolute atomic E-state index is 0.0469. The Morgan fingerprint density at radius 3 is 2.37 bits per heavy atom. The van der Waals surface area contributed by atoms with Crippen LogP contribution in [0.15, 0.2) is 30.3 Å². The molecule has 0 aliphatic rings. The fraction of sp³-hybridized carbons (Fsp3) is 0.500. The molecule has 0 bridgehead atoms. The van der Waals surface area contributed by atoms with Gasteiger partial charge in [0.1, 0.15) is 11.6 Å². The summed E-state index contributed by atoms with van der Waals surface area (Å²) in [4.78, 5) is 26.4. The maximum Gasteiger partial charge on any atom is 0.245 e. The zero-order valence-electron chi connectivity index (χ0n) is 18.7. The van der Waals surface area contributed by atoms with Crippen molar-refractivity contribution in [2.24, 2.45) is 0 Å². The van der Waals surface area contributed by atoms with E-state index in [0.29, 0.717) is 25.4 Å². The summed E-state index contributed by atoms with van der Waals surface area (Å²) in [6, 6.07) is 9.29. The monoisotopic (exact) mass is 416 g/mol. The molecule has 2 amide bonds. The van der Waals surface area contributed by atoms with Crippen LogP contribution in [-0.4, -0.2) is 60.4 Å². The first-order chi connectivity index (χ1) is 14.2. The Hall–Kier alpha value is -2.87. The lowest BCUT2D eigenvalue weighted by Crippen LogP contribution is -2.39. The van der Waals surface area contributed by atoms with Crippen LogP contribution in [0.4, 0.5) is 5.82 Å². The molecule has 8 nitrogen and oxygen atoms in total. The summed E-state index contributed by atoms with van der Waals surface area (Å²) < 4.78 is 12.0. The summed E-state index contributed by atoms with van der Waals surface area (Å²) in [7, 11) is 3.18. The molecular formula is C22H32N4O4. The molecule has 8 heteroatoms. The van der Waals surface area contributed by atoms with Gasteiger partial charge in [0, 0.05) is 31.6 Å². The fourth-order valence-corrected chi connectivity index (χ4v) is 2.83. The summed E-state index contributed by atoms with van der Waals surface area (Å²) >= 11 is 0. The van der Waals surface area contributed by atoms with Gasteiger partial charge < -0.3 is 19.7 Å². The SMILES string of the molecule is CCC(=O)N(CCOC)CC(=O)Nc1cc(C(C)(C)C)nn1-c1ccc(OC)cc1. The van der Waals surface area contributed by atoms with Crippen LogP contribution in [0.3, 0.4) is 0 Å². The second kappa shape index (κ2) is 10.2. The number of hydrogen-bond donors (Lipinski definition) is 1. The molecule has 0 saturated carbocycles. The maximum atomic E-state index is 12.7. The lowest BCUT2D eigenvalue weighted by molar-refractivity contribution is -0.135. The van der Waals surface area contributed by atoms with Crippen LogP contribution < -0.4 is 10.1 Å². The van der Waals surface area contributed by atoms with Gasteiger partial charge in [-0.2, -0.15) is 5.10 Å². The van der Waals surface area contributed by atoms with Crippen LogP contribution in [0.1, 0.15) is 39.8 Å². The summed E-state index contributed by atoms with van der Waals surface area (Å²) in [6.45, 7) is 8.64. The minimum atomic E-state index is -0.289. The predicted octanol–water partition coefficient (Wildman–Crippen LogP) is 3.00. The highest BCUT2D eigenvalue weighted by atomic mass is 16.5. The van der Waals surface area contributed by atoms with Crippen molar-refractivity contribution in [1.29, 1.82) is 0 Å². The quantitative estimate of drug-likeness (QED) is 0.679. The molecule has 2 rings (SSSR count). The van der Waals surface area contributed by atoms with E-state index < -0.39 is 0 Å². The van der Waals surface area contributed by atoms with E-state index in [1.54, 1.807) is 25.8 Å². The van der Waals surface area contributed by atoms with Crippen LogP contribution in [-0.2, 0) is 19.7 Å². The first-order valence-electron chi connectivity index (χ1n) is 10.0. The number of amides is 2. The average molecular weight is 417 g/mol. The highest BCUT2D eigenvalue weighted by Crippen LogP contribution is 2.27. The smallest absolute Gasteiger partial charge is 0.245 e. The number of ether oxygens (including phenoxy) is 2. The molecule has 0 radical (unpaired) electrons. The van der Waals surface area contributed by atoms with E-state index in [2.05, 4.69) is 26.1 Å². The van der Waals surface area contributed by atoms with Crippen molar-refractivity contribution in [2.75, 3.05) is 39.2 Å². The molecule has 0 spiro atoms. The van der Waals surface area contributed by atoms with Crippen molar-refractivity contribution < 1.29 is 19.1 Å². The third kappa shape index (κ3) is 6.06. The van der Waals surface area contributed by atoms with E-state index in [1.807, 2.05) is 30.3 Å². The number of anilines is 1. The third-order valence-electron chi connectivity index (χ3n) is 4.62. The van der Waals surface area contributed by atoms with Gasteiger partial charge in [-0.05, 0) is 24.3 Å². The molecule has 0 atom stereocenters. The molecule has 2 aromatic rings. The van der Waals surface area contributed by atoms with E-state index in [1.165, 1.54) is 4.90 Å². The first-order valence-corrected chi connectivity index (χ1v) is 10.0. The average Bonchev–Trinajstić information content (AvgIpc) is 3.14. The number of hydrogen-bond acceptors (Lipinski definition) is 5. The van der Waals surface area contributed by atoms with E-state index in [9.17, 15) is 9.59 Å². The van der Waals surface area contributed by atoms with Gasteiger partial charge in [0.05, 0.1) is 31.6 Å². The second-order valence-electron chi connectivity index (χ2n) is 7.98. The number of carbonyl (C=O) groups excluding carboxylic acids is 2. The molecule has 0 aliphatic heterocycles. The van der Waals surface area contributed by atoms with Gasteiger partial charge in [-0.25, -0.2) is 4.68 Å². The molecule has 1 aromatic heterocycles. The van der Waals surface area contributed by atoms with Crippen LogP contribution in [0.2, 0.25) is 0 Å². The first kappa shape index (κ1) is 23.4. The Balaban J connectivity index is 2.29. The largest absolute Gasteiger partial charge is 0.497 e. The third-order valence-corrected chi connectivity index (χ3v) is 4.62. The molecular weight excluding hydrogens is 384 g/mol. The lowest BCUT2D eigenvalue weighted by Gasteiger charge is -2.21. The molecule has 0 saturated heterocycles. The lowest BCUT2D eigenvalue weighted by atomic mass is 9.92. The van der Waals surface area contributed by atoms with E-state index in [0.717, 1.165) is 17.1 Å². The standard InChI is InChI=1S/C22H32N4O4/c1-7-21(28)25(12-13-29-5)15-20(27)23-19-14-18(22(2,3)4)24-26(19)16-8-10-17(30-6)11-9-16/h8-11,14H,7,12-13,15H2,1-6H3,(H,23,27). The normalized spacial score (nSPS) is 11.3. The molecule has 164 valence electrons.